The summed E-state index contributed by atoms with van der Waals surface area (Å²) in [5, 5.41) is 14.6. The zero-order valence-corrected chi connectivity index (χ0v) is 91.3. The molecule has 0 aliphatic rings. The fraction of sp³-hybridized carbons (Fsp3) is 0.432. The molecule has 0 saturated carbocycles. The van der Waals surface area contributed by atoms with Crippen molar-refractivity contribution in [2.24, 2.45) is 0 Å². The number of carbonyl (C=O) groups excluding carboxylic acids is 5. The van der Waals surface area contributed by atoms with Crippen LogP contribution in [-0.2, 0) is 56.5 Å². The first-order valence-electron chi connectivity index (χ1n) is 43.0. The molecular weight excluding hydrogens is 2090 g/mol. The quantitative estimate of drug-likeness (QED) is 0.0182. The third kappa shape index (κ3) is 25.3. The number of phenolic OH excluding ortho intramolecular Hbond substituents is 1. The van der Waals surface area contributed by atoms with E-state index in [1.807, 2.05) is 125 Å². The van der Waals surface area contributed by atoms with Gasteiger partial charge in [0.1, 0.15) is 96.9 Å². The number of aromatic hydroxyl groups is 1. The number of carbonyl (C=O) groups is 5. The standard InChI is InChI=1S/C16H20BrN3O4.C16H20ClN3O4.C16H21FN4O2S.C16H20FN3O4.C16H20IN3O4.C15H18FN3O4/c2*1-7(21)24-11-8-10(9(17)12(22-5)13(11)23-6)19-15(16(2,3)4)20-14(8)18;1-7(24)19-11-8-10(9(17)12(22-5)13(11)23-6)20-15(16(2,3)4)21-14(8)18;2*1-7(21)24-11-8-10(9(17)12(22-5)13(11)23-6)19-15(16(2,3)4)20-14(8)18;1-6(20)23-11-7-9(8(16)10(21)12(11)22-5)18-14(15(2,3)4)19-13(7)17/h2*1-6H3,(H2,18,19,20);1-6H3,(H,19,24)(H2,18,20,21);2*1-6H3,(H2,18,19,20);21H,1-5H3,(H2,17,18,19). The Bertz CT molecular complexity index is 6220. The number of aromatic nitrogens is 12. The molecule has 0 aliphatic heterocycles. The summed E-state index contributed by atoms with van der Waals surface area (Å²) >= 11 is 17.1. The van der Waals surface area contributed by atoms with Crippen molar-refractivity contribution in [2.45, 2.75) is 199 Å². The Labute approximate surface area is 855 Å². The normalized spacial score (nSPS) is 11.5. The number of phenols is 1. The van der Waals surface area contributed by atoms with E-state index in [9.17, 15) is 42.3 Å². The van der Waals surface area contributed by atoms with E-state index < -0.39 is 69.3 Å². The molecule has 12 rings (SSSR count). The van der Waals surface area contributed by atoms with Gasteiger partial charge in [-0.3, -0.25) is 24.0 Å². The lowest BCUT2D eigenvalue weighted by molar-refractivity contribution is -0.132. The van der Waals surface area contributed by atoms with Crippen LogP contribution in [0.2, 0.25) is 5.02 Å². The molecule has 6 aromatic heterocycles. The lowest BCUT2D eigenvalue weighted by Gasteiger charge is -2.21. The number of methoxy groups -OCH3 is 11. The third-order valence-corrected chi connectivity index (χ3v) is 22.0. The van der Waals surface area contributed by atoms with Gasteiger partial charge < -0.3 is 121 Å². The molecule has 0 saturated heterocycles. The van der Waals surface area contributed by atoms with Crippen molar-refractivity contribution in [1.82, 2.24) is 59.8 Å². The van der Waals surface area contributed by atoms with E-state index in [1.165, 1.54) is 106 Å². The number of nitrogens with zero attached hydrogens (tertiary/aromatic N) is 12. The summed E-state index contributed by atoms with van der Waals surface area (Å²) in [6.45, 7) is 42.6. The number of nitrogens with one attached hydrogen (secondary N) is 1. The number of halogens is 6. The van der Waals surface area contributed by atoms with Gasteiger partial charge >= 0.3 is 29.8 Å². The highest BCUT2D eigenvalue weighted by molar-refractivity contribution is 14.1. The molecule has 6 aromatic carbocycles. The zero-order valence-electron chi connectivity index (χ0n) is 86.0. The molecule has 6 heterocycles. The van der Waals surface area contributed by atoms with Gasteiger partial charge in [0, 0.05) is 67.1 Å². The summed E-state index contributed by atoms with van der Waals surface area (Å²) in [5.41, 5.74) is 35.7. The maximum absolute atomic E-state index is 15.0. The Kier molecular flexibility index (Phi) is 37.1. The van der Waals surface area contributed by atoms with Crippen molar-refractivity contribution >= 4 is 203 Å². The van der Waals surface area contributed by atoms with E-state index in [1.54, 1.807) is 6.92 Å². The molecule has 12 aromatic rings. The summed E-state index contributed by atoms with van der Waals surface area (Å²) in [6.07, 6.45) is 0. The van der Waals surface area contributed by atoms with Crippen molar-refractivity contribution in [3.05, 3.63) is 65.5 Å². The number of hydrogen-bond donors (Lipinski definition) is 8. The Morgan fingerprint density at radius 3 is 0.811 bits per heavy atom. The zero-order chi connectivity index (χ0) is 109. The smallest absolute Gasteiger partial charge is 0.308 e. The average Bonchev–Trinajstić information content (AvgIpc) is 0.783. The predicted molar refractivity (Wildman–Crippen MR) is 553 cm³/mol. The van der Waals surface area contributed by atoms with Crippen LogP contribution in [0.4, 0.5) is 53.8 Å². The molecule has 48 heteroatoms. The third-order valence-electron chi connectivity index (χ3n) is 19.8. The van der Waals surface area contributed by atoms with Gasteiger partial charge in [-0.1, -0.05) is 148 Å². The van der Waals surface area contributed by atoms with Gasteiger partial charge in [-0.05, 0) is 45.4 Å². The van der Waals surface area contributed by atoms with E-state index in [0.717, 1.165) is 6.92 Å². The summed E-state index contributed by atoms with van der Waals surface area (Å²) in [7, 11) is 15.3. The summed E-state index contributed by atoms with van der Waals surface area (Å²) in [5.74, 6) is -1.55. The highest BCUT2D eigenvalue weighted by Crippen LogP contribution is 2.56. The number of nitrogen functional groups attached to an aromatic ring is 6. The van der Waals surface area contributed by atoms with Crippen molar-refractivity contribution in [3.63, 3.8) is 0 Å². The lowest BCUT2D eigenvalue weighted by Crippen LogP contribution is -2.18. The molecule has 0 aliphatic carbocycles. The van der Waals surface area contributed by atoms with Crippen molar-refractivity contribution in [3.8, 4) is 97.7 Å². The topological polar surface area (TPSA) is 576 Å². The number of fused-ring (bicyclic) bond motifs is 6. The van der Waals surface area contributed by atoms with E-state index in [0.29, 0.717) is 103 Å². The fourth-order valence-corrected chi connectivity index (χ4v) is 15.2. The lowest BCUT2D eigenvalue weighted by atomic mass is 9.95. The van der Waals surface area contributed by atoms with Gasteiger partial charge in [0.15, 0.2) is 69.2 Å². The minimum absolute atomic E-state index is 0.0129. The first-order valence-corrected chi connectivity index (χ1v) is 45.6. The second-order valence-electron chi connectivity index (χ2n) is 37.2. The van der Waals surface area contributed by atoms with Gasteiger partial charge in [-0.2, -0.15) is 0 Å². The molecule has 14 N–H and O–H groups in total. The number of hydrogen-bond acceptors (Lipinski definition) is 41. The van der Waals surface area contributed by atoms with Gasteiger partial charge in [-0.25, -0.2) is 73.0 Å². The number of rotatable bonds is 17. The molecule has 41 nitrogen and oxygen atoms in total. The van der Waals surface area contributed by atoms with Gasteiger partial charge in [0.05, 0.1) is 140 Å². The Hall–Kier alpha value is -13.7. The second kappa shape index (κ2) is 45.7. The highest BCUT2D eigenvalue weighted by Gasteiger charge is 2.38. The van der Waals surface area contributed by atoms with Crippen LogP contribution in [0.5, 0.6) is 97.7 Å². The largest absolute Gasteiger partial charge is 0.502 e. The molecule has 0 amide bonds. The molecule has 0 atom stereocenters. The molecule has 774 valence electrons. The van der Waals surface area contributed by atoms with Crippen LogP contribution in [0.1, 0.15) is 201 Å². The van der Waals surface area contributed by atoms with E-state index in [4.69, 9.17) is 134 Å². The molecular formula is C95H119BrClF3IN19O22S. The fourth-order valence-electron chi connectivity index (χ4n) is 13.3. The number of esters is 5. The number of benzene rings is 6. The van der Waals surface area contributed by atoms with E-state index in [-0.39, 0.29) is 164 Å². The first-order chi connectivity index (χ1) is 66.1. The monoisotopic (exact) mass is 2210 g/mol. The van der Waals surface area contributed by atoms with Crippen LogP contribution in [0.25, 0.3) is 65.4 Å². The van der Waals surface area contributed by atoms with Gasteiger partial charge in [0.25, 0.3) is 0 Å². The van der Waals surface area contributed by atoms with Gasteiger partial charge in [0.2, 0.25) is 46.0 Å². The van der Waals surface area contributed by atoms with Crippen molar-refractivity contribution in [2.75, 3.05) is 118 Å². The van der Waals surface area contributed by atoms with Crippen LogP contribution in [0, 0.1) is 21.0 Å². The van der Waals surface area contributed by atoms with Crippen LogP contribution in [0.15, 0.2) is 4.47 Å². The Balaban J connectivity index is 0.000000233. The highest BCUT2D eigenvalue weighted by atomic mass is 127. The van der Waals surface area contributed by atoms with Crippen LogP contribution < -0.4 is 116 Å². The molecule has 0 spiro atoms. The Morgan fingerprint density at radius 1 is 0.308 bits per heavy atom. The van der Waals surface area contributed by atoms with Crippen LogP contribution in [-0.4, -0.2) is 178 Å². The van der Waals surface area contributed by atoms with E-state index in [2.05, 4.69) is 104 Å². The first kappa shape index (κ1) is 116. The van der Waals surface area contributed by atoms with Gasteiger partial charge in [-0.15, -0.1) is 0 Å². The number of anilines is 7. The van der Waals surface area contributed by atoms with Crippen molar-refractivity contribution in [1.29, 1.82) is 0 Å². The number of nitrogens with two attached hydrogens (primary N) is 6. The molecule has 0 radical (unpaired) electrons. The molecule has 143 heavy (non-hydrogen) atoms. The maximum Gasteiger partial charge on any atom is 0.308 e. The van der Waals surface area contributed by atoms with E-state index >= 15 is 0 Å². The SMILES string of the molecule is COc1c(O)c(F)c2nc(C(C)(C)C)nc(N)c2c1OC(C)=O.COc1c(OC)c(NC(C)=S)c2c(N)nc(C(C)(C)C)nc2c1F.COc1c(OC)c(OC(C)=O)c2c(N)nc(C(C)(C)C)nc2c1Br.COc1c(OC)c(OC(C)=O)c2c(N)nc(C(C)(C)C)nc2c1Cl.COc1c(OC)c(OC(C)=O)c2c(N)nc(C(C)(C)C)nc2c1F.COc1c(OC)c(OC(C)=O)c2c(N)nc(C(C)(C)C)nc2c1I. The molecule has 0 unspecified atom stereocenters. The predicted octanol–water partition coefficient (Wildman–Crippen LogP) is 17.7. The van der Waals surface area contributed by atoms with Crippen molar-refractivity contribution < 1.29 is 118 Å². The number of ether oxygens (including phenoxy) is 16. The summed E-state index contributed by atoms with van der Waals surface area (Å²) < 4.78 is 130. The minimum atomic E-state index is -1.02. The second-order valence-corrected chi connectivity index (χ2v) is 40.1. The summed E-state index contributed by atoms with van der Waals surface area (Å²) in [4.78, 5) is 110. The van der Waals surface area contributed by atoms with Crippen LogP contribution >= 0.6 is 62.3 Å². The minimum Gasteiger partial charge on any atom is -0.502 e. The van der Waals surface area contributed by atoms with Crippen LogP contribution in [0.3, 0.4) is 0 Å². The average molecular weight is 2210 g/mol. The Morgan fingerprint density at radius 2 is 0.524 bits per heavy atom. The summed E-state index contributed by atoms with van der Waals surface area (Å²) in [6, 6.07) is 0. The number of thiocarbonyl (C=S) groups is 1. The maximum atomic E-state index is 15.0. The molecule has 0 fully saturated rings. The molecule has 0 bridgehead atoms.